The van der Waals surface area contributed by atoms with E-state index in [0.29, 0.717) is 18.0 Å². The molecular weight excluding hydrogens is 271 g/mol. The highest BCUT2D eigenvalue weighted by Gasteiger charge is 2.27. The first-order valence-corrected chi connectivity index (χ1v) is 6.53. The quantitative estimate of drug-likeness (QED) is 0.743. The predicted octanol–water partition coefficient (Wildman–Crippen LogP) is 3.53. The molecule has 0 radical (unpaired) electrons. The maximum absolute atomic E-state index is 12.1. The van der Waals surface area contributed by atoms with Gasteiger partial charge in [-0.25, -0.2) is 0 Å². The van der Waals surface area contributed by atoms with Gasteiger partial charge in [0.25, 0.3) is 0 Å². The summed E-state index contributed by atoms with van der Waals surface area (Å²) >= 11 is 0. The van der Waals surface area contributed by atoms with Gasteiger partial charge in [0.1, 0.15) is 0 Å². The molecule has 114 valence electrons. The van der Waals surface area contributed by atoms with E-state index in [4.69, 9.17) is 9.47 Å². The molecule has 0 saturated heterocycles. The number of hydrogen-bond acceptors (Lipinski definition) is 3. The van der Waals surface area contributed by atoms with Crippen molar-refractivity contribution < 1.29 is 22.6 Å². The third-order valence-electron chi connectivity index (χ3n) is 2.63. The lowest BCUT2D eigenvalue weighted by molar-refractivity contribution is -0.139. The van der Waals surface area contributed by atoms with Crippen LogP contribution in [-0.4, -0.2) is 26.4 Å². The van der Waals surface area contributed by atoms with Crippen LogP contribution in [-0.2, 0) is 6.54 Å². The van der Waals surface area contributed by atoms with E-state index in [1.54, 1.807) is 12.1 Å². The molecule has 0 saturated carbocycles. The summed E-state index contributed by atoms with van der Waals surface area (Å²) in [5, 5.41) is 3.24. The van der Waals surface area contributed by atoms with E-state index in [9.17, 15) is 13.2 Å². The minimum atomic E-state index is -4.21. The summed E-state index contributed by atoms with van der Waals surface area (Å²) in [5.41, 5.74) is 0.999. The molecule has 6 heteroatoms. The minimum Gasteiger partial charge on any atom is -0.493 e. The van der Waals surface area contributed by atoms with Gasteiger partial charge in [0.2, 0.25) is 0 Å². The molecule has 0 unspecified atom stereocenters. The Morgan fingerprint density at radius 3 is 2.55 bits per heavy atom. The molecule has 0 aliphatic carbocycles. The van der Waals surface area contributed by atoms with Crippen LogP contribution in [0.4, 0.5) is 13.2 Å². The molecule has 1 rings (SSSR count). The van der Waals surface area contributed by atoms with Crippen LogP contribution in [0.25, 0.3) is 0 Å². The second-order valence-corrected chi connectivity index (χ2v) is 4.38. The SMILES string of the molecule is CCCNCc1ccc(OCCC(F)(F)F)c(OC)c1. The summed E-state index contributed by atoms with van der Waals surface area (Å²) in [5.74, 6) is 0.777. The topological polar surface area (TPSA) is 30.5 Å². The molecule has 0 amide bonds. The Morgan fingerprint density at radius 1 is 1.20 bits per heavy atom. The maximum atomic E-state index is 12.1. The number of alkyl halides is 3. The number of nitrogens with one attached hydrogen (secondary N) is 1. The number of rotatable bonds is 8. The second-order valence-electron chi connectivity index (χ2n) is 4.38. The Balaban J connectivity index is 2.58. The maximum Gasteiger partial charge on any atom is 0.392 e. The Kier molecular flexibility index (Phi) is 6.64. The molecule has 20 heavy (non-hydrogen) atoms. The average molecular weight is 291 g/mol. The van der Waals surface area contributed by atoms with E-state index in [1.807, 2.05) is 6.07 Å². The zero-order valence-corrected chi connectivity index (χ0v) is 11.7. The van der Waals surface area contributed by atoms with Crippen LogP contribution in [0.15, 0.2) is 18.2 Å². The van der Waals surface area contributed by atoms with E-state index < -0.39 is 19.2 Å². The average Bonchev–Trinajstić information content (AvgIpc) is 2.39. The molecule has 1 N–H and O–H groups in total. The van der Waals surface area contributed by atoms with Crippen LogP contribution < -0.4 is 14.8 Å². The molecule has 1 aromatic rings. The van der Waals surface area contributed by atoms with Crippen LogP contribution in [0.5, 0.6) is 11.5 Å². The van der Waals surface area contributed by atoms with Gasteiger partial charge in [-0.1, -0.05) is 13.0 Å². The Hall–Kier alpha value is -1.43. The van der Waals surface area contributed by atoms with Gasteiger partial charge in [-0.15, -0.1) is 0 Å². The van der Waals surface area contributed by atoms with Crippen molar-refractivity contribution in [2.75, 3.05) is 20.3 Å². The Bertz CT molecular complexity index is 408. The monoisotopic (exact) mass is 291 g/mol. The summed E-state index contributed by atoms with van der Waals surface area (Å²) in [6.45, 7) is 3.26. The molecule has 3 nitrogen and oxygen atoms in total. The fourth-order valence-electron chi connectivity index (χ4n) is 1.63. The summed E-state index contributed by atoms with van der Waals surface area (Å²) in [6, 6.07) is 5.22. The third kappa shape index (κ3) is 6.14. The van der Waals surface area contributed by atoms with Crippen molar-refractivity contribution >= 4 is 0 Å². The first-order valence-electron chi connectivity index (χ1n) is 6.53. The standard InChI is InChI=1S/C14H20F3NO2/c1-3-7-18-10-11-4-5-12(13(9-11)19-2)20-8-6-14(15,16)17/h4-5,9,18H,3,6-8,10H2,1-2H3. The molecule has 0 spiro atoms. The first kappa shape index (κ1) is 16.6. The van der Waals surface area contributed by atoms with Crippen LogP contribution >= 0.6 is 0 Å². The fourth-order valence-corrected chi connectivity index (χ4v) is 1.63. The molecule has 0 atom stereocenters. The van der Waals surface area contributed by atoms with Crippen LogP contribution in [0.2, 0.25) is 0 Å². The molecule has 0 fully saturated rings. The van der Waals surface area contributed by atoms with Crippen molar-refractivity contribution in [3.05, 3.63) is 23.8 Å². The van der Waals surface area contributed by atoms with Gasteiger partial charge in [-0.3, -0.25) is 0 Å². The van der Waals surface area contributed by atoms with Crippen LogP contribution in [0.3, 0.4) is 0 Å². The van der Waals surface area contributed by atoms with Gasteiger partial charge in [0, 0.05) is 6.54 Å². The normalized spacial score (nSPS) is 11.4. The molecule has 0 heterocycles. The van der Waals surface area contributed by atoms with Crippen molar-refractivity contribution in [2.45, 2.75) is 32.5 Å². The molecule has 0 aliphatic heterocycles. The number of ether oxygens (including phenoxy) is 2. The van der Waals surface area contributed by atoms with E-state index in [0.717, 1.165) is 18.5 Å². The van der Waals surface area contributed by atoms with Crippen LogP contribution in [0.1, 0.15) is 25.3 Å². The Labute approximate surface area is 117 Å². The van der Waals surface area contributed by atoms with Gasteiger partial charge in [0.15, 0.2) is 11.5 Å². The third-order valence-corrected chi connectivity index (χ3v) is 2.63. The highest BCUT2D eigenvalue weighted by Crippen LogP contribution is 2.29. The number of benzene rings is 1. The molecule has 0 bridgehead atoms. The highest BCUT2D eigenvalue weighted by atomic mass is 19.4. The first-order chi connectivity index (χ1) is 9.46. The number of methoxy groups -OCH3 is 1. The number of hydrogen-bond donors (Lipinski definition) is 1. The predicted molar refractivity (Wildman–Crippen MR) is 71.2 cm³/mol. The van der Waals surface area contributed by atoms with Gasteiger partial charge >= 0.3 is 6.18 Å². The van der Waals surface area contributed by atoms with E-state index >= 15 is 0 Å². The van der Waals surface area contributed by atoms with Crippen molar-refractivity contribution in [3.8, 4) is 11.5 Å². The lowest BCUT2D eigenvalue weighted by atomic mass is 10.2. The van der Waals surface area contributed by atoms with E-state index in [-0.39, 0.29) is 0 Å². The van der Waals surface area contributed by atoms with E-state index in [1.165, 1.54) is 7.11 Å². The summed E-state index contributed by atoms with van der Waals surface area (Å²) in [6.07, 6.45) is -4.15. The largest absolute Gasteiger partial charge is 0.493 e. The molecule has 0 aliphatic rings. The zero-order valence-electron chi connectivity index (χ0n) is 11.7. The lowest BCUT2D eigenvalue weighted by Crippen LogP contribution is -2.14. The molecule has 0 aromatic heterocycles. The fraction of sp³-hybridized carbons (Fsp3) is 0.571. The van der Waals surface area contributed by atoms with Gasteiger partial charge in [-0.2, -0.15) is 13.2 Å². The summed E-state index contributed by atoms with van der Waals surface area (Å²) < 4.78 is 46.4. The van der Waals surface area contributed by atoms with Crippen molar-refractivity contribution in [2.24, 2.45) is 0 Å². The minimum absolute atomic E-state index is 0.330. The second kappa shape index (κ2) is 7.99. The van der Waals surface area contributed by atoms with Crippen molar-refractivity contribution in [3.63, 3.8) is 0 Å². The number of halogens is 3. The van der Waals surface area contributed by atoms with Gasteiger partial charge in [-0.05, 0) is 30.7 Å². The zero-order chi connectivity index (χ0) is 15.0. The Morgan fingerprint density at radius 2 is 1.95 bits per heavy atom. The molecule has 1 aromatic carbocycles. The van der Waals surface area contributed by atoms with Crippen molar-refractivity contribution in [1.82, 2.24) is 5.32 Å². The van der Waals surface area contributed by atoms with E-state index in [2.05, 4.69) is 12.2 Å². The summed E-state index contributed by atoms with van der Waals surface area (Å²) in [7, 11) is 1.47. The van der Waals surface area contributed by atoms with Gasteiger partial charge in [0.05, 0.1) is 20.1 Å². The smallest absolute Gasteiger partial charge is 0.392 e. The van der Waals surface area contributed by atoms with Crippen molar-refractivity contribution in [1.29, 1.82) is 0 Å². The summed E-state index contributed by atoms with van der Waals surface area (Å²) in [4.78, 5) is 0. The van der Waals surface area contributed by atoms with Gasteiger partial charge < -0.3 is 14.8 Å². The van der Waals surface area contributed by atoms with Crippen LogP contribution in [0, 0.1) is 0 Å². The molecular formula is C14H20F3NO2. The highest BCUT2D eigenvalue weighted by molar-refractivity contribution is 5.42. The lowest BCUT2D eigenvalue weighted by Gasteiger charge is -2.13.